The van der Waals surface area contributed by atoms with E-state index in [2.05, 4.69) is 6.58 Å². The zero-order chi connectivity index (χ0) is 17.6. The van der Waals surface area contributed by atoms with Gasteiger partial charge in [-0.3, -0.25) is 0 Å². The summed E-state index contributed by atoms with van der Waals surface area (Å²) in [7, 11) is 0. The average Bonchev–Trinajstić information content (AvgIpc) is 2.86. The number of hydrogen-bond donors (Lipinski definition) is 1. The van der Waals surface area contributed by atoms with Gasteiger partial charge < -0.3 is 14.3 Å². The van der Waals surface area contributed by atoms with Crippen LogP contribution >= 0.6 is 23.4 Å². The Labute approximate surface area is 152 Å². The summed E-state index contributed by atoms with van der Waals surface area (Å²) in [6, 6.07) is 13.5. The molecule has 1 N–H and O–H groups in total. The van der Waals surface area contributed by atoms with Crippen LogP contribution in [0.25, 0.3) is 16.5 Å². The first kappa shape index (κ1) is 16.3. The maximum Gasteiger partial charge on any atom is 0.336 e. The molecule has 0 saturated carbocycles. The van der Waals surface area contributed by atoms with Gasteiger partial charge in [0.2, 0.25) is 0 Å². The minimum atomic E-state index is -1.30. The third kappa shape index (κ3) is 2.84. The fraction of sp³-hybridized carbons (Fsp3) is 0.105. The molecule has 6 heteroatoms. The van der Waals surface area contributed by atoms with Gasteiger partial charge in [0.1, 0.15) is 17.9 Å². The van der Waals surface area contributed by atoms with Crippen LogP contribution in [0.2, 0.25) is 5.02 Å². The van der Waals surface area contributed by atoms with Crippen molar-refractivity contribution in [1.82, 2.24) is 0 Å². The van der Waals surface area contributed by atoms with Gasteiger partial charge in [0.15, 0.2) is 4.93 Å². The molecule has 1 unspecified atom stereocenters. The Morgan fingerprint density at radius 3 is 2.68 bits per heavy atom. The van der Waals surface area contributed by atoms with Crippen molar-refractivity contribution in [3.05, 3.63) is 76.1 Å². The lowest BCUT2D eigenvalue weighted by Gasteiger charge is -2.23. The number of halogens is 1. The van der Waals surface area contributed by atoms with E-state index in [1.54, 1.807) is 36.4 Å². The molecule has 0 aliphatic carbocycles. The average molecular weight is 373 g/mol. The molecular weight excluding hydrogens is 360 g/mol. The summed E-state index contributed by atoms with van der Waals surface area (Å²) in [4.78, 5) is 11.0. The molecular formula is C19H13ClO4S. The lowest BCUT2D eigenvalue weighted by Crippen LogP contribution is -2.30. The zero-order valence-electron chi connectivity index (χ0n) is 13.0. The smallest absolute Gasteiger partial charge is 0.336 e. The van der Waals surface area contributed by atoms with Crippen LogP contribution in [0.4, 0.5) is 0 Å². The topological polar surface area (TPSA) is 59.7 Å². The highest BCUT2D eigenvalue weighted by Gasteiger charge is 2.42. The number of aliphatic hydroxyl groups is 1. The second-order valence-electron chi connectivity index (χ2n) is 5.71. The lowest BCUT2D eigenvalue weighted by atomic mass is 9.98. The van der Waals surface area contributed by atoms with E-state index in [-0.39, 0.29) is 6.61 Å². The van der Waals surface area contributed by atoms with E-state index >= 15 is 0 Å². The Morgan fingerprint density at radius 1 is 1.16 bits per heavy atom. The van der Waals surface area contributed by atoms with E-state index in [1.165, 1.54) is 17.8 Å². The van der Waals surface area contributed by atoms with Crippen molar-refractivity contribution in [3.63, 3.8) is 0 Å². The third-order valence-electron chi connectivity index (χ3n) is 4.06. The number of thioether (sulfide) groups is 1. The molecule has 0 fully saturated rings. The van der Waals surface area contributed by atoms with Crippen LogP contribution in [0.15, 0.2) is 69.2 Å². The zero-order valence-corrected chi connectivity index (χ0v) is 14.6. The Bertz CT molecular complexity index is 1040. The molecule has 2 aromatic carbocycles. The van der Waals surface area contributed by atoms with Gasteiger partial charge >= 0.3 is 5.63 Å². The summed E-state index contributed by atoms with van der Waals surface area (Å²) in [5, 5.41) is 12.4. The highest BCUT2D eigenvalue weighted by Crippen LogP contribution is 2.52. The van der Waals surface area contributed by atoms with Gasteiger partial charge in [-0.1, -0.05) is 29.9 Å². The molecule has 4 nitrogen and oxygen atoms in total. The van der Waals surface area contributed by atoms with Crippen molar-refractivity contribution in [2.75, 3.05) is 6.61 Å². The molecule has 0 spiro atoms. The lowest BCUT2D eigenvalue weighted by molar-refractivity contribution is 0.126. The van der Waals surface area contributed by atoms with Crippen molar-refractivity contribution in [1.29, 1.82) is 0 Å². The molecule has 25 heavy (non-hydrogen) atoms. The molecule has 4 rings (SSSR count). The molecule has 1 aromatic heterocycles. The molecule has 3 aromatic rings. The summed E-state index contributed by atoms with van der Waals surface area (Å²) in [5.41, 5.74) is 1.37. The Hall–Kier alpha value is -2.21. The predicted octanol–water partition coefficient (Wildman–Crippen LogP) is 4.33. The van der Waals surface area contributed by atoms with Gasteiger partial charge in [-0.2, -0.15) is 0 Å². The molecule has 1 atom stereocenters. The predicted molar refractivity (Wildman–Crippen MR) is 99.3 cm³/mol. The number of hydrogen-bond acceptors (Lipinski definition) is 5. The van der Waals surface area contributed by atoms with E-state index < -0.39 is 10.6 Å². The van der Waals surface area contributed by atoms with Crippen molar-refractivity contribution in [2.24, 2.45) is 0 Å². The summed E-state index contributed by atoms with van der Waals surface area (Å²) >= 11 is 7.14. The number of ether oxygens (including phenoxy) is 1. The fourth-order valence-corrected chi connectivity index (χ4v) is 4.10. The van der Waals surface area contributed by atoms with Crippen LogP contribution in [-0.2, 0) is 0 Å². The summed E-state index contributed by atoms with van der Waals surface area (Å²) in [6.45, 7) is 4.09. The minimum absolute atomic E-state index is 0.0328. The molecule has 0 bridgehead atoms. The summed E-state index contributed by atoms with van der Waals surface area (Å²) < 4.78 is 10.9. The van der Waals surface area contributed by atoms with E-state index in [0.29, 0.717) is 21.9 Å². The molecule has 2 heterocycles. The SMILES string of the molecule is C=C1c2c(ccc3oc(=O)ccc23)SC1(O)COc1ccc(Cl)cc1. The molecule has 1 aliphatic rings. The van der Waals surface area contributed by atoms with Crippen LogP contribution < -0.4 is 10.4 Å². The third-order valence-corrected chi connectivity index (χ3v) is 5.58. The first-order valence-electron chi connectivity index (χ1n) is 7.53. The van der Waals surface area contributed by atoms with Gasteiger partial charge in [-0.25, -0.2) is 4.79 Å². The van der Waals surface area contributed by atoms with E-state index in [4.69, 9.17) is 20.8 Å². The van der Waals surface area contributed by atoms with Gasteiger partial charge in [0, 0.05) is 26.9 Å². The van der Waals surface area contributed by atoms with Crippen LogP contribution in [0.5, 0.6) is 5.75 Å². The molecule has 0 amide bonds. The fourth-order valence-electron chi connectivity index (χ4n) is 2.79. The number of rotatable bonds is 3. The largest absolute Gasteiger partial charge is 0.489 e. The molecule has 0 saturated heterocycles. The number of fused-ring (bicyclic) bond motifs is 3. The first-order valence-corrected chi connectivity index (χ1v) is 8.72. The normalized spacial score (nSPS) is 19.2. The first-order chi connectivity index (χ1) is 12.0. The highest BCUT2D eigenvalue weighted by atomic mass is 35.5. The van der Waals surface area contributed by atoms with Crippen molar-refractivity contribution < 1.29 is 14.3 Å². The van der Waals surface area contributed by atoms with Crippen LogP contribution in [0.1, 0.15) is 5.56 Å². The highest BCUT2D eigenvalue weighted by molar-refractivity contribution is 8.01. The maximum atomic E-state index is 11.4. The Kier molecular flexibility index (Phi) is 3.87. The Balaban J connectivity index is 1.66. The Morgan fingerprint density at radius 2 is 1.92 bits per heavy atom. The quantitative estimate of drug-likeness (QED) is 0.693. The summed E-state index contributed by atoms with van der Waals surface area (Å²) in [5.74, 6) is 0.609. The van der Waals surface area contributed by atoms with Crippen molar-refractivity contribution >= 4 is 39.9 Å². The van der Waals surface area contributed by atoms with Crippen LogP contribution in [0, 0.1) is 0 Å². The van der Waals surface area contributed by atoms with Crippen molar-refractivity contribution in [3.8, 4) is 5.75 Å². The molecule has 1 aliphatic heterocycles. The van der Waals surface area contributed by atoms with Gasteiger partial charge in [0.25, 0.3) is 0 Å². The summed E-state index contributed by atoms with van der Waals surface area (Å²) in [6.07, 6.45) is 0. The van der Waals surface area contributed by atoms with E-state index in [0.717, 1.165) is 15.8 Å². The number of benzene rings is 2. The molecule has 126 valence electrons. The molecule has 0 radical (unpaired) electrons. The van der Waals surface area contributed by atoms with Crippen molar-refractivity contribution in [2.45, 2.75) is 9.83 Å². The maximum absolute atomic E-state index is 11.4. The second-order valence-corrected chi connectivity index (χ2v) is 7.47. The van der Waals surface area contributed by atoms with Gasteiger partial charge in [0.05, 0.1) is 0 Å². The van der Waals surface area contributed by atoms with E-state index in [1.807, 2.05) is 6.07 Å². The van der Waals surface area contributed by atoms with Crippen LogP contribution in [-0.4, -0.2) is 16.6 Å². The van der Waals surface area contributed by atoms with Gasteiger partial charge in [-0.05, 0) is 48.0 Å². The second kappa shape index (κ2) is 5.95. The van der Waals surface area contributed by atoms with E-state index in [9.17, 15) is 9.90 Å². The minimum Gasteiger partial charge on any atom is -0.489 e. The van der Waals surface area contributed by atoms with Gasteiger partial charge in [-0.15, -0.1) is 0 Å². The standard InChI is InChI=1S/C19H13ClO4S/c1-11-18-14-6-9-17(21)24-15(14)7-8-16(18)25-19(11,22)10-23-13-4-2-12(20)3-5-13/h2-9,22H,1,10H2. The van der Waals surface area contributed by atoms with Crippen LogP contribution in [0.3, 0.4) is 0 Å². The monoisotopic (exact) mass is 372 g/mol.